The van der Waals surface area contributed by atoms with Crippen molar-refractivity contribution in [2.75, 3.05) is 0 Å². The summed E-state index contributed by atoms with van der Waals surface area (Å²) in [5.41, 5.74) is 5.06. The third-order valence-electron chi connectivity index (χ3n) is 10.6. The van der Waals surface area contributed by atoms with Crippen molar-refractivity contribution in [1.29, 1.82) is 0 Å². The molecule has 3 aromatic carbocycles. The lowest BCUT2D eigenvalue weighted by Gasteiger charge is -2.45. The molecule has 3 heterocycles. The molecule has 7 unspecified atom stereocenters. The van der Waals surface area contributed by atoms with Crippen molar-refractivity contribution in [3.05, 3.63) is 94.0 Å². The van der Waals surface area contributed by atoms with Crippen molar-refractivity contribution in [3.8, 4) is 5.75 Å². The molecule has 3 aromatic rings. The number of hydrogen-bond donors (Lipinski definition) is 1. The SMILES string of the molecule is Cc1cc(S(=O)(=O)[O-])c(C(C)C)cc1OC(=O)C1C2SC3C(NS(=O)(=O)C31)C2OC(=O)C1CC2c3ccccc3C1c1ccccc12. The quantitative estimate of drug-likeness (QED) is 0.228. The van der Waals surface area contributed by atoms with E-state index in [1.807, 2.05) is 24.3 Å². The number of ether oxygens (including phenoxy) is 2. The molecule has 0 radical (unpaired) electrons. The first-order valence-electron chi connectivity index (χ1n) is 15.6. The van der Waals surface area contributed by atoms with Crippen LogP contribution >= 0.6 is 11.8 Å². The minimum Gasteiger partial charge on any atom is -0.744 e. The number of esters is 2. The Balaban J connectivity index is 1.09. The molecule has 7 atom stereocenters. The van der Waals surface area contributed by atoms with Gasteiger partial charge in [0.2, 0.25) is 10.0 Å². The van der Waals surface area contributed by atoms with E-state index >= 15 is 0 Å². The Bertz CT molecular complexity index is 2030. The second-order valence-electron chi connectivity index (χ2n) is 13.5. The molecule has 47 heavy (non-hydrogen) atoms. The predicted octanol–water partition coefficient (Wildman–Crippen LogP) is 3.92. The summed E-state index contributed by atoms with van der Waals surface area (Å²) in [6.45, 7) is 4.94. The summed E-state index contributed by atoms with van der Waals surface area (Å²) in [6.07, 6.45) is -0.308. The highest BCUT2D eigenvalue weighted by molar-refractivity contribution is 8.03. The number of nitrogens with one attached hydrogen (secondary N) is 1. The van der Waals surface area contributed by atoms with Crippen LogP contribution in [-0.4, -0.2) is 61.2 Å². The molecule has 3 saturated heterocycles. The lowest BCUT2D eigenvalue weighted by atomic mass is 9.59. The van der Waals surface area contributed by atoms with Crippen molar-refractivity contribution < 1.29 is 40.5 Å². The first-order chi connectivity index (χ1) is 22.3. The highest BCUT2D eigenvalue weighted by Gasteiger charge is 2.72. The van der Waals surface area contributed by atoms with Gasteiger partial charge in [0.25, 0.3) is 0 Å². The molecular weight excluding hydrogens is 663 g/mol. The average Bonchev–Trinajstić information content (AvgIpc) is 3.64. The Morgan fingerprint density at radius 2 is 1.57 bits per heavy atom. The number of carbonyl (C=O) groups is 2. The monoisotopic (exact) mass is 694 g/mol. The topological polar surface area (TPSA) is 156 Å². The van der Waals surface area contributed by atoms with Crippen molar-refractivity contribution in [2.45, 2.75) is 77.7 Å². The first kappa shape index (κ1) is 31.1. The van der Waals surface area contributed by atoms with Crippen LogP contribution in [0.3, 0.4) is 0 Å². The van der Waals surface area contributed by atoms with Gasteiger partial charge in [-0.15, -0.1) is 11.8 Å². The first-order valence-corrected chi connectivity index (χ1v) is 19.5. The van der Waals surface area contributed by atoms with Crippen LogP contribution in [0.2, 0.25) is 0 Å². The maximum atomic E-state index is 14.1. The summed E-state index contributed by atoms with van der Waals surface area (Å²) in [7, 11) is -8.73. The van der Waals surface area contributed by atoms with E-state index in [9.17, 15) is 31.0 Å². The lowest BCUT2D eigenvalue weighted by molar-refractivity contribution is -0.159. The van der Waals surface area contributed by atoms with Gasteiger partial charge in [-0.2, -0.15) is 0 Å². The number of thioether (sulfide) groups is 1. The van der Waals surface area contributed by atoms with Gasteiger partial charge in [0.15, 0.2) is 0 Å². The smallest absolute Gasteiger partial charge is 0.317 e. The minimum atomic E-state index is -4.79. The van der Waals surface area contributed by atoms with Gasteiger partial charge < -0.3 is 14.0 Å². The van der Waals surface area contributed by atoms with Gasteiger partial charge >= 0.3 is 11.9 Å². The standard InChI is InChI=1S/C34H33NO9S3/c1-15(2)21-14-24(16(3)12-25(21)47(40,41)42)43-34(37)27-30-29(28-31(45-30)32(27)46(38,39)35-28)44-33(36)23-13-22-17-8-4-6-10-19(17)26(23)20-11-7-5-9-18(20)22/h4-12,14-15,22-23,26-32,35H,13H2,1-3H3,(H,40,41,42)/p-1. The second kappa shape index (κ2) is 10.6. The largest absolute Gasteiger partial charge is 0.744 e. The van der Waals surface area contributed by atoms with E-state index in [4.69, 9.17) is 9.47 Å². The maximum Gasteiger partial charge on any atom is 0.317 e. The zero-order valence-corrected chi connectivity index (χ0v) is 28.1. The Labute approximate surface area is 277 Å². The van der Waals surface area contributed by atoms with Gasteiger partial charge in [-0.1, -0.05) is 62.4 Å². The molecule has 0 aromatic heterocycles. The average molecular weight is 695 g/mol. The van der Waals surface area contributed by atoms with E-state index in [1.54, 1.807) is 13.8 Å². The molecule has 3 fully saturated rings. The van der Waals surface area contributed by atoms with E-state index in [2.05, 4.69) is 29.0 Å². The van der Waals surface area contributed by atoms with Gasteiger partial charge in [-0.3, -0.25) is 9.59 Å². The molecular formula is C34H32NO9S3-. The van der Waals surface area contributed by atoms with E-state index in [1.165, 1.54) is 41.9 Å². The van der Waals surface area contributed by atoms with Crippen molar-refractivity contribution in [2.24, 2.45) is 11.8 Å². The number of rotatable bonds is 6. The molecule has 0 spiro atoms. The fourth-order valence-corrected chi connectivity index (χ4v) is 14.2. The summed E-state index contributed by atoms with van der Waals surface area (Å²) in [5.74, 6) is -3.31. The third kappa shape index (κ3) is 4.64. The summed E-state index contributed by atoms with van der Waals surface area (Å²) in [6, 6.07) is 18.2. The van der Waals surface area contributed by atoms with Gasteiger partial charge in [0.1, 0.15) is 27.2 Å². The van der Waals surface area contributed by atoms with Crippen LogP contribution < -0.4 is 9.46 Å². The molecule has 1 N–H and O–H groups in total. The number of benzene rings is 3. The van der Waals surface area contributed by atoms with Crippen LogP contribution in [0.1, 0.15) is 71.4 Å². The molecule has 10 nitrogen and oxygen atoms in total. The van der Waals surface area contributed by atoms with E-state index < -0.39 is 71.8 Å². The molecule has 6 aliphatic rings. The molecule has 3 aliphatic heterocycles. The highest BCUT2D eigenvalue weighted by atomic mass is 32.2. The van der Waals surface area contributed by atoms with E-state index in [0.29, 0.717) is 6.42 Å². The fourth-order valence-electron chi connectivity index (χ4n) is 8.60. The Morgan fingerprint density at radius 3 is 2.17 bits per heavy atom. The Hall–Kier alpha value is -3.23. The number of hydrogen-bond acceptors (Lipinski definition) is 10. The van der Waals surface area contributed by atoms with Crippen LogP contribution in [0.15, 0.2) is 65.6 Å². The number of carbonyl (C=O) groups excluding carboxylic acids is 2. The molecule has 0 saturated carbocycles. The summed E-state index contributed by atoms with van der Waals surface area (Å²) >= 11 is 1.33. The van der Waals surface area contributed by atoms with Gasteiger partial charge in [0.05, 0.1) is 28.0 Å². The maximum absolute atomic E-state index is 14.1. The second-order valence-corrected chi connectivity index (χ2v) is 18.0. The number of fused-ring (bicyclic) bond motifs is 2. The van der Waals surface area contributed by atoms with Crippen LogP contribution in [0.5, 0.6) is 5.75 Å². The molecule has 3 aliphatic carbocycles. The molecule has 0 amide bonds. The highest BCUT2D eigenvalue weighted by Crippen LogP contribution is 2.59. The van der Waals surface area contributed by atoms with Crippen molar-refractivity contribution in [3.63, 3.8) is 0 Å². The number of sulfonamides is 1. The lowest BCUT2D eigenvalue weighted by Crippen LogP contribution is -2.52. The van der Waals surface area contributed by atoms with E-state index in [-0.39, 0.29) is 39.5 Å². The summed E-state index contributed by atoms with van der Waals surface area (Å²) in [4.78, 5) is 27.6. The minimum absolute atomic E-state index is 0.0402. The van der Waals surface area contributed by atoms with Crippen LogP contribution in [-0.2, 0) is 34.5 Å². The third-order valence-corrected chi connectivity index (χ3v) is 15.3. The van der Waals surface area contributed by atoms with Crippen molar-refractivity contribution in [1.82, 2.24) is 4.72 Å². The van der Waals surface area contributed by atoms with E-state index in [0.717, 1.165) is 11.1 Å². The summed E-state index contributed by atoms with van der Waals surface area (Å²) in [5, 5.41) is -2.24. The molecule has 4 bridgehead atoms. The predicted molar refractivity (Wildman–Crippen MR) is 172 cm³/mol. The van der Waals surface area contributed by atoms with Gasteiger partial charge in [-0.25, -0.2) is 21.6 Å². The van der Waals surface area contributed by atoms with Crippen molar-refractivity contribution >= 4 is 43.8 Å². The zero-order valence-electron chi connectivity index (χ0n) is 25.7. The number of aryl methyl sites for hydroxylation is 1. The van der Waals surface area contributed by atoms with Gasteiger partial charge in [-0.05, 0) is 64.8 Å². The molecule has 9 rings (SSSR count). The van der Waals surface area contributed by atoms with Gasteiger partial charge in [0, 0.05) is 17.1 Å². The van der Waals surface area contributed by atoms with Crippen LogP contribution in [0.25, 0.3) is 0 Å². The normalized spacial score (nSPS) is 32.2. The zero-order chi connectivity index (χ0) is 33.2. The van der Waals surface area contributed by atoms with Crippen LogP contribution in [0, 0.1) is 18.8 Å². The Morgan fingerprint density at radius 1 is 0.957 bits per heavy atom. The molecule has 246 valence electrons. The summed E-state index contributed by atoms with van der Waals surface area (Å²) < 4.78 is 77.2. The Kier molecular flexibility index (Phi) is 7.03. The molecule has 13 heteroatoms. The fraction of sp³-hybridized carbons (Fsp3) is 0.412. The van der Waals surface area contributed by atoms with Crippen LogP contribution in [0.4, 0.5) is 0 Å².